The second-order valence-electron chi connectivity index (χ2n) is 7.39. The fourth-order valence-corrected chi connectivity index (χ4v) is 4.39. The SMILES string of the molecule is CCCCCCCCCCCCc1cccc(S(=O)(=O)O)c1C(C)C. The van der Waals surface area contributed by atoms with Gasteiger partial charge in [0.05, 0.1) is 4.90 Å². The molecule has 0 unspecified atom stereocenters. The summed E-state index contributed by atoms with van der Waals surface area (Å²) >= 11 is 0. The van der Waals surface area contributed by atoms with Gasteiger partial charge < -0.3 is 0 Å². The topological polar surface area (TPSA) is 54.4 Å². The van der Waals surface area contributed by atoms with Gasteiger partial charge in [0, 0.05) is 0 Å². The molecular weight excluding hydrogens is 332 g/mol. The Morgan fingerprint density at radius 3 is 1.88 bits per heavy atom. The van der Waals surface area contributed by atoms with E-state index < -0.39 is 10.1 Å². The first-order chi connectivity index (χ1) is 11.9. The van der Waals surface area contributed by atoms with Gasteiger partial charge in [0.1, 0.15) is 0 Å². The second kappa shape index (κ2) is 11.7. The number of rotatable bonds is 13. The average Bonchev–Trinajstić information content (AvgIpc) is 2.55. The van der Waals surface area contributed by atoms with Gasteiger partial charge in [-0.3, -0.25) is 4.55 Å². The Hall–Kier alpha value is -0.870. The van der Waals surface area contributed by atoms with E-state index in [0.29, 0.717) is 0 Å². The summed E-state index contributed by atoms with van der Waals surface area (Å²) in [5.74, 6) is 0.0799. The first kappa shape index (κ1) is 22.2. The quantitative estimate of drug-likeness (QED) is 0.318. The summed E-state index contributed by atoms with van der Waals surface area (Å²) in [6.07, 6.45) is 13.8. The Morgan fingerprint density at radius 2 is 1.40 bits per heavy atom. The molecule has 144 valence electrons. The summed E-state index contributed by atoms with van der Waals surface area (Å²) in [7, 11) is -4.15. The van der Waals surface area contributed by atoms with Crippen LogP contribution in [0, 0.1) is 0 Å². The predicted octanol–water partition coefficient (Wildman–Crippen LogP) is 6.52. The Morgan fingerprint density at radius 1 is 0.880 bits per heavy atom. The molecule has 3 nitrogen and oxygen atoms in total. The van der Waals surface area contributed by atoms with Crippen molar-refractivity contribution in [1.82, 2.24) is 0 Å². The van der Waals surface area contributed by atoms with Gasteiger partial charge in [0.2, 0.25) is 0 Å². The van der Waals surface area contributed by atoms with Crippen molar-refractivity contribution in [2.24, 2.45) is 0 Å². The molecule has 1 aromatic rings. The van der Waals surface area contributed by atoms with Gasteiger partial charge in [-0.05, 0) is 36.0 Å². The molecule has 0 saturated carbocycles. The third-order valence-electron chi connectivity index (χ3n) is 4.81. The molecule has 25 heavy (non-hydrogen) atoms. The molecule has 0 radical (unpaired) electrons. The summed E-state index contributed by atoms with van der Waals surface area (Å²) in [5, 5.41) is 0. The van der Waals surface area contributed by atoms with Crippen LogP contribution in [0.5, 0.6) is 0 Å². The van der Waals surface area contributed by atoms with Crippen molar-refractivity contribution in [3.63, 3.8) is 0 Å². The Balaban J connectivity index is 2.40. The predicted molar refractivity (Wildman–Crippen MR) is 106 cm³/mol. The number of hydrogen-bond acceptors (Lipinski definition) is 2. The second-order valence-corrected chi connectivity index (χ2v) is 8.78. The third-order valence-corrected chi connectivity index (χ3v) is 5.72. The molecule has 0 aliphatic carbocycles. The van der Waals surface area contributed by atoms with Crippen molar-refractivity contribution in [2.45, 2.75) is 102 Å². The minimum Gasteiger partial charge on any atom is -0.282 e. The molecule has 4 heteroatoms. The molecule has 0 atom stereocenters. The van der Waals surface area contributed by atoms with Crippen LogP contribution in [0.25, 0.3) is 0 Å². The lowest BCUT2D eigenvalue weighted by atomic mass is 9.93. The number of hydrogen-bond donors (Lipinski definition) is 1. The lowest BCUT2D eigenvalue weighted by molar-refractivity contribution is 0.481. The fourth-order valence-electron chi connectivity index (χ4n) is 3.49. The minimum absolute atomic E-state index is 0.0760. The van der Waals surface area contributed by atoms with E-state index in [0.717, 1.165) is 24.0 Å². The summed E-state index contributed by atoms with van der Waals surface area (Å²) in [4.78, 5) is 0.0760. The van der Waals surface area contributed by atoms with E-state index >= 15 is 0 Å². The lowest BCUT2D eigenvalue weighted by Crippen LogP contribution is -2.08. The molecule has 0 fully saturated rings. The highest BCUT2D eigenvalue weighted by atomic mass is 32.2. The van der Waals surface area contributed by atoms with Gasteiger partial charge >= 0.3 is 0 Å². The van der Waals surface area contributed by atoms with Crippen LogP contribution >= 0.6 is 0 Å². The molecule has 0 spiro atoms. The largest absolute Gasteiger partial charge is 0.294 e. The standard InChI is InChI=1S/C21H36O3S/c1-4-5-6-7-8-9-10-11-12-13-15-19-16-14-17-20(25(22,23)24)21(19)18(2)3/h14,16-18H,4-13,15H2,1-3H3,(H,22,23,24). The van der Waals surface area contributed by atoms with Gasteiger partial charge in [0.25, 0.3) is 10.1 Å². The Kier molecular flexibility index (Phi) is 10.4. The van der Waals surface area contributed by atoms with E-state index in [2.05, 4.69) is 6.92 Å². The minimum atomic E-state index is -4.15. The molecule has 0 aliphatic heterocycles. The molecule has 0 bridgehead atoms. The van der Waals surface area contributed by atoms with Gasteiger partial charge in [-0.2, -0.15) is 8.42 Å². The van der Waals surface area contributed by atoms with E-state index in [-0.39, 0.29) is 10.8 Å². The Labute approximate surface area is 155 Å². The highest BCUT2D eigenvalue weighted by Crippen LogP contribution is 2.28. The first-order valence-electron chi connectivity index (χ1n) is 9.97. The smallest absolute Gasteiger partial charge is 0.282 e. The van der Waals surface area contributed by atoms with Crippen LogP contribution in [0.15, 0.2) is 23.1 Å². The van der Waals surface area contributed by atoms with Crippen LogP contribution in [0.4, 0.5) is 0 Å². The molecular formula is C21H36O3S. The monoisotopic (exact) mass is 368 g/mol. The molecule has 0 heterocycles. The van der Waals surface area contributed by atoms with Crippen LogP contribution in [-0.2, 0) is 16.5 Å². The van der Waals surface area contributed by atoms with Crippen molar-refractivity contribution in [1.29, 1.82) is 0 Å². The summed E-state index contributed by atoms with van der Waals surface area (Å²) in [5.41, 5.74) is 1.84. The van der Waals surface area contributed by atoms with E-state index in [1.165, 1.54) is 63.9 Å². The van der Waals surface area contributed by atoms with Crippen molar-refractivity contribution >= 4 is 10.1 Å². The average molecular weight is 369 g/mol. The lowest BCUT2D eigenvalue weighted by Gasteiger charge is -2.16. The Bertz CT molecular complexity index is 591. The van der Waals surface area contributed by atoms with Crippen LogP contribution in [-0.4, -0.2) is 13.0 Å². The summed E-state index contributed by atoms with van der Waals surface area (Å²) in [6.45, 7) is 6.20. The zero-order valence-corrected chi connectivity index (χ0v) is 17.1. The van der Waals surface area contributed by atoms with Crippen LogP contribution in [0.3, 0.4) is 0 Å². The maximum Gasteiger partial charge on any atom is 0.294 e. The highest BCUT2D eigenvalue weighted by Gasteiger charge is 2.20. The zero-order valence-electron chi connectivity index (χ0n) is 16.3. The van der Waals surface area contributed by atoms with Crippen LogP contribution < -0.4 is 0 Å². The fraction of sp³-hybridized carbons (Fsp3) is 0.714. The summed E-state index contributed by atoms with van der Waals surface area (Å²) < 4.78 is 32.7. The van der Waals surface area contributed by atoms with Gasteiger partial charge in [-0.15, -0.1) is 0 Å². The molecule has 0 saturated heterocycles. The van der Waals surface area contributed by atoms with Crippen molar-refractivity contribution in [3.8, 4) is 0 Å². The number of aryl methyl sites for hydroxylation is 1. The van der Waals surface area contributed by atoms with E-state index in [9.17, 15) is 13.0 Å². The third kappa shape index (κ3) is 8.37. The zero-order chi connectivity index (χ0) is 18.7. The van der Waals surface area contributed by atoms with E-state index in [1.54, 1.807) is 6.07 Å². The molecule has 1 N–H and O–H groups in total. The van der Waals surface area contributed by atoms with Gasteiger partial charge in [-0.25, -0.2) is 0 Å². The van der Waals surface area contributed by atoms with E-state index in [1.807, 2.05) is 19.9 Å². The molecule has 0 aliphatic rings. The maximum absolute atomic E-state index is 11.6. The number of unbranched alkanes of at least 4 members (excludes halogenated alkanes) is 9. The van der Waals surface area contributed by atoms with Crippen molar-refractivity contribution in [3.05, 3.63) is 29.3 Å². The van der Waals surface area contributed by atoms with Gasteiger partial charge in [-0.1, -0.05) is 90.7 Å². The maximum atomic E-state index is 11.6. The van der Waals surface area contributed by atoms with E-state index in [4.69, 9.17) is 0 Å². The molecule has 0 aromatic heterocycles. The normalized spacial score (nSPS) is 12.0. The number of benzene rings is 1. The highest BCUT2D eigenvalue weighted by molar-refractivity contribution is 7.85. The van der Waals surface area contributed by atoms with Crippen LogP contribution in [0.2, 0.25) is 0 Å². The molecule has 1 aromatic carbocycles. The molecule has 1 rings (SSSR count). The first-order valence-corrected chi connectivity index (χ1v) is 11.4. The summed E-state index contributed by atoms with van der Waals surface area (Å²) in [6, 6.07) is 5.24. The van der Waals surface area contributed by atoms with Crippen molar-refractivity contribution < 1.29 is 13.0 Å². The van der Waals surface area contributed by atoms with Crippen LogP contribution in [0.1, 0.15) is 102 Å². The molecule has 0 amide bonds. The van der Waals surface area contributed by atoms with Gasteiger partial charge in [0.15, 0.2) is 0 Å². The van der Waals surface area contributed by atoms with Crippen molar-refractivity contribution in [2.75, 3.05) is 0 Å².